The number of carboxylic acid groups (broad SMARTS) is 1. The molecule has 1 saturated heterocycles. The highest BCUT2D eigenvalue weighted by Gasteiger charge is 2.47. The number of nitrogens with zero attached hydrogens (tertiary/aromatic N) is 1. The van der Waals surface area contributed by atoms with Crippen molar-refractivity contribution in [1.82, 2.24) is 4.90 Å². The molecule has 30 heavy (non-hydrogen) atoms. The number of benzene rings is 2. The molecule has 0 unspecified atom stereocenters. The van der Waals surface area contributed by atoms with E-state index >= 15 is 0 Å². The van der Waals surface area contributed by atoms with Gasteiger partial charge in [-0.2, -0.15) is 0 Å². The number of methoxy groups -OCH3 is 2. The van der Waals surface area contributed by atoms with Crippen molar-refractivity contribution in [3.05, 3.63) is 65.2 Å². The second-order valence-corrected chi connectivity index (χ2v) is 6.61. The molecule has 8 heteroatoms. The number of Topliss-reactive ketones (excluding diaryl/α,β-unsaturated/α-hetero) is 1. The van der Waals surface area contributed by atoms with Crippen LogP contribution in [0.4, 0.5) is 0 Å². The van der Waals surface area contributed by atoms with Gasteiger partial charge in [-0.15, -0.1) is 0 Å². The molecular formula is C22H21NO7. The lowest BCUT2D eigenvalue weighted by atomic mass is 9.94. The lowest BCUT2D eigenvalue weighted by molar-refractivity contribution is -0.142. The summed E-state index contributed by atoms with van der Waals surface area (Å²) >= 11 is 0. The Balaban J connectivity index is 2.18. The fourth-order valence-corrected chi connectivity index (χ4v) is 3.45. The Labute approximate surface area is 173 Å². The Bertz CT molecular complexity index is 1010. The number of rotatable bonds is 7. The first-order valence-corrected chi connectivity index (χ1v) is 9.16. The van der Waals surface area contributed by atoms with Crippen LogP contribution in [0.5, 0.6) is 11.5 Å². The molecule has 1 aliphatic rings. The minimum absolute atomic E-state index is 0.125. The van der Waals surface area contributed by atoms with E-state index in [2.05, 4.69) is 0 Å². The van der Waals surface area contributed by atoms with Crippen LogP contribution >= 0.6 is 0 Å². The monoisotopic (exact) mass is 411 g/mol. The zero-order chi connectivity index (χ0) is 21.8. The van der Waals surface area contributed by atoms with Gasteiger partial charge in [0, 0.05) is 17.7 Å². The predicted octanol–water partition coefficient (Wildman–Crippen LogP) is 2.60. The van der Waals surface area contributed by atoms with Gasteiger partial charge in [-0.1, -0.05) is 18.2 Å². The lowest BCUT2D eigenvalue weighted by Gasteiger charge is -2.26. The van der Waals surface area contributed by atoms with Crippen molar-refractivity contribution in [2.45, 2.75) is 12.5 Å². The molecule has 0 radical (unpaired) electrons. The third kappa shape index (κ3) is 3.84. The maximum absolute atomic E-state index is 12.9. The van der Waals surface area contributed by atoms with E-state index in [0.717, 1.165) is 4.90 Å². The highest BCUT2D eigenvalue weighted by Crippen LogP contribution is 2.42. The number of aliphatic hydroxyl groups excluding tert-OH is 1. The molecule has 3 rings (SSSR count). The van der Waals surface area contributed by atoms with Crippen molar-refractivity contribution < 1.29 is 34.1 Å². The molecule has 1 atom stereocenters. The molecule has 1 fully saturated rings. The van der Waals surface area contributed by atoms with Crippen LogP contribution < -0.4 is 9.47 Å². The van der Waals surface area contributed by atoms with E-state index in [4.69, 9.17) is 14.6 Å². The zero-order valence-electron chi connectivity index (χ0n) is 16.5. The number of carboxylic acids is 1. The van der Waals surface area contributed by atoms with Crippen LogP contribution in [-0.4, -0.2) is 53.5 Å². The molecule has 2 aromatic rings. The lowest BCUT2D eigenvalue weighted by Crippen LogP contribution is -2.32. The Morgan fingerprint density at radius 3 is 2.27 bits per heavy atom. The first-order chi connectivity index (χ1) is 14.4. The zero-order valence-corrected chi connectivity index (χ0v) is 16.5. The van der Waals surface area contributed by atoms with E-state index in [1.807, 2.05) is 0 Å². The van der Waals surface area contributed by atoms with E-state index in [1.54, 1.807) is 48.5 Å². The minimum Gasteiger partial charge on any atom is -0.507 e. The van der Waals surface area contributed by atoms with Gasteiger partial charge in [0.15, 0.2) is 0 Å². The van der Waals surface area contributed by atoms with Crippen molar-refractivity contribution in [3.63, 3.8) is 0 Å². The number of carbonyl (C=O) groups is 3. The summed E-state index contributed by atoms with van der Waals surface area (Å²) in [5, 5.41) is 20.0. The molecule has 2 aromatic carbocycles. The number of likely N-dealkylation sites (tertiary alicyclic amines) is 1. The van der Waals surface area contributed by atoms with E-state index in [1.165, 1.54) is 14.2 Å². The third-order valence-corrected chi connectivity index (χ3v) is 4.90. The Kier molecular flexibility index (Phi) is 6.06. The van der Waals surface area contributed by atoms with Crippen LogP contribution in [-0.2, 0) is 14.4 Å². The summed E-state index contributed by atoms with van der Waals surface area (Å²) in [6, 6.07) is 12.2. The highest BCUT2D eigenvalue weighted by molar-refractivity contribution is 6.46. The van der Waals surface area contributed by atoms with Gasteiger partial charge >= 0.3 is 5.97 Å². The molecule has 0 aliphatic carbocycles. The molecule has 0 bridgehead atoms. The van der Waals surface area contributed by atoms with Gasteiger partial charge in [0.25, 0.3) is 11.7 Å². The summed E-state index contributed by atoms with van der Waals surface area (Å²) in [6.07, 6.45) is -0.346. The SMILES string of the molecule is COc1ccc(C(O)=C2C(=O)C(=O)N(CCC(=O)O)[C@@H]2c2ccccc2OC)cc1. The van der Waals surface area contributed by atoms with Gasteiger partial charge < -0.3 is 24.6 Å². The third-order valence-electron chi connectivity index (χ3n) is 4.90. The van der Waals surface area contributed by atoms with Crippen LogP contribution in [0.2, 0.25) is 0 Å². The van der Waals surface area contributed by atoms with Crippen molar-refractivity contribution in [3.8, 4) is 11.5 Å². The average Bonchev–Trinajstić information content (AvgIpc) is 3.01. The maximum atomic E-state index is 12.9. The largest absolute Gasteiger partial charge is 0.507 e. The summed E-state index contributed by atoms with van der Waals surface area (Å²) in [5.41, 5.74) is 0.673. The Hall–Kier alpha value is -3.81. The standard InChI is InChI=1S/C22H21NO7/c1-29-14-9-7-13(8-10-14)20(26)18-19(15-5-3-4-6-16(15)30-2)23(12-11-17(24)25)22(28)21(18)27/h3-10,19,26H,11-12H2,1-2H3,(H,24,25)/t19-/m1/s1. The molecule has 1 aliphatic heterocycles. The predicted molar refractivity (Wildman–Crippen MR) is 107 cm³/mol. The van der Waals surface area contributed by atoms with Gasteiger partial charge in [-0.05, 0) is 30.3 Å². The van der Waals surface area contributed by atoms with Crippen molar-refractivity contribution >= 4 is 23.4 Å². The first-order valence-electron chi connectivity index (χ1n) is 9.16. The summed E-state index contributed by atoms with van der Waals surface area (Å²) in [6.45, 7) is -0.192. The summed E-state index contributed by atoms with van der Waals surface area (Å²) in [7, 11) is 2.95. The maximum Gasteiger partial charge on any atom is 0.305 e. The fraction of sp³-hybridized carbons (Fsp3) is 0.227. The molecule has 156 valence electrons. The van der Waals surface area contributed by atoms with E-state index in [9.17, 15) is 19.5 Å². The smallest absolute Gasteiger partial charge is 0.305 e. The van der Waals surface area contributed by atoms with Crippen molar-refractivity contribution in [1.29, 1.82) is 0 Å². The number of carbonyl (C=O) groups excluding carboxylic acids is 2. The molecule has 8 nitrogen and oxygen atoms in total. The highest BCUT2D eigenvalue weighted by atomic mass is 16.5. The number of ketones is 1. The topological polar surface area (TPSA) is 113 Å². The second-order valence-electron chi connectivity index (χ2n) is 6.61. The van der Waals surface area contributed by atoms with Crippen LogP contribution in [0.3, 0.4) is 0 Å². The Morgan fingerprint density at radius 1 is 1.00 bits per heavy atom. The van der Waals surface area contributed by atoms with E-state index in [-0.39, 0.29) is 24.3 Å². The number of amides is 1. The van der Waals surface area contributed by atoms with Gasteiger partial charge in [-0.25, -0.2) is 0 Å². The normalized spacial score (nSPS) is 17.8. The number of aliphatic carboxylic acids is 1. The van der Waals surface area contributed by atoms with Crippen molar-refractivity contribution in [2.75, 3.05) is 20.8 Å². The Morgan fingerprint density at radius 2 is 1.67 bits per heavy atom. The van der Waals surface area contributed by atoms with Gasteiger partial charge in [0.1, 0.15) is 17.3 Å². The molecule has 0 spiro atoms. The molecule has 2 N–H and O–H groups in total. The van der Waals surface area contributed by atoms with E-state index in [0.29, 0.717) is 22.6 Å². The fourth-order valence-electron chi connectivity index (χ4n) is 3.45. The number of hydrogen-bond acceptors (Lipinski definition) is 6. The van der Waals surface area contributed by atoms with Gasteiger partial charge in [-0.3, -0.25) is 14.4 Å². The molecule has 0 saturated carbocycles. The number of ether oxygens (including phenoxy) is 2. The number of hydrogen-bond donors (Lipinski definition) is 2. The summed E-state index contributed by atoms with van der Waals surface area (Å²) < 4.78 is 10.5. The van der Waals surface area contributed by atoms with Crippen LogP contribution in [0.1, 0.15) is 23.6 Å². The van der Waals surface area contributed by atoms with Gasteiger partial charge in [0.05, 0.1) is 32.3 Å². The molecular weight excluding hydrogens is 390 g/mol. The molecule has 0 aromatic heterocycles. The van der Waals surface area contributed by atoms with Crippen molar-refractivity contribution in [2.24, 2.45) is 0 Å². The van der Waals surface area contributed by atoms with Crippen LogP contribution in [0.25, 0.3) is 5.76 Å². The first kappa shape index (κ1) is 20.9. The molecule has 1 amide bonds. The second kappa shape index (κ2) is 8.69. The summed E-state index contributed by atoms with van der Waals surface area (Å²) in [4.78, 5) is 37.8. The molecule has 1 heterocycles. The number of aliphatic hydroxyl groups is 1. The van der Waals surface area contributed by atoms with Crippen LogP contribution in [0, 0.1) is 0 Å². The minimum atomic E-state index is -1.11. The quantitative estimate of drug-likeness (QED) is 0.409. The van der Waals surface area contributed by atoms with Gasteiger partial charge in [0.2, 0.25) is 0 Å². The number of para-hydroxylation sites is 1. The summed E-state index contributed by atoms with van der Waals surface area (Å²) in [5.74, 6) is -2.25. The van der Waals surface area contributed by atoms with E-state index < -0.39 is 23.7 Å². The van der Waals surface area contributed by atoms with Crippen LogP contribution in [0.15, 0.2) is 54.1 Å². The average molecular weight is 411 g/mol.